The molecule has 1 heterocycles. The molecule has 3 rings (SSSR count). The molecule has 2 amide bonds. The molecule has 0 spiro atoms. The molecule has 1 saturated carbocycles. The van der Waals surface area contributed by atoms with Gasteiger partial charge in [-0.15, -0.1) is 0 Å². The van der Waals surface area contributed by atoms with Crippen LogP contribution in [0.3, 0.4) is 0 Å². The number of halogens is 1. The Kier molecular flexibility index (Phi) is 7.73. The van der Waals surface area contributed by atoms with Crippen molar-refractivity contribution in [1.82, 2.24) is 9.78 Å². The van der Waals surface area contributed by atoms with E-state index in [4.69, 9.17) is 16.3 Å². The van der Waals surface area contributed by atoms with Crippen molar-refractivity contribution in [3.63, 3.8) is 0 Å². The highest BCUT2D eigenvalue weighted by Gasteiger charge is 2.21. The fourth-order valence-electron chi connectivity index (χ4n) is 4.00. The van der Waals surface area contributed by atoms with Crippen LogP contribution in [0.15, 0.2) is 24.3 Å². The van der Waals surface area contributed by atoms with Crippen molar-refractivity contribution in [3.8, 4) is 0 Å². The molecule has 1 aromatic carbocycles. The van der Waals surface area contributed by atoms with Crippen molar-refractivity contribution in [3.05, 3.63) is 40.7 Å². The van der Waals surface area contributed by atoms with E-state index in [-0.39, 0.29) is 24.5 Å². The van der Waals surface area contributed by atoms with Gasteiger partial charge in [-0.3, -0.25) is 14.3 Å². The van der Waals surface area contributed by atoms with Gasteiger partial charge in [-0.25, -0.2) is 0 Å². The molecule has 1 aliphatic rings. The number of nitrogens with one attached hydrogen (secondary N) is 2. The van der Waals surface area contributed by atoms with E-state index in [2.05, 4.69) is 22.7 Å². The third-order valence-corrected chi connectivity index (χ3v) is 5.95. The first-order chi connectivity index (χ1) is 14.7. The van der Waals surface area contributed by atoms with E-state index in [1.165, 1.54) is 6.42 Å². The van der Waals surface area contributed by atoms with Gasteiger partial charge in [-0.2, -0.15) is 5.10 Å². The van der Waals surface area contributed by atoms with E-state index in [0.29, 0.717) is 22.3 Å². The number of aryl methyl sites for hydroxylation is 2. The molecule has 1 fully saturated rings. The van der Waals surface area contributed by atoms with Crippen LogP contribution in [0.4, 0.5) is 11.4 Å². The number of aromatic nitrogens is 2. The summed E-state index contributed by atoms with van der Waals surface area (Å²) >= 11 is 6.34. The molecule has 2 N–H and O–H groups in total. The van der Waals surface area contributed by atoms with Gasteiger partial charge in [-0.05, 0) is 63.8 Å². The minimum Gasteiger partial charge on any atom is -0.368 e. The molecular weight excluding hydrogens is 416 g/mol. The van der Waals surface area contributed by atoms with E-state index in [9.17, 15) is 9.59 Å². The number of ether oxygens (including phenoxy) is 1. The van der Waals surface area contributed by atoms with Gasteiger partial charge < -0.3 is 15.4 Å². The average molecular weight is 447 g/mol. The van der Waals surface area contributed by atoms with Gasteiger partial charge in [0, 0.05) is 11.4 Å². The quantitative estimate of drug-likeness (QED) is 0.634. The summed E-state index contributed by atoms with van der Waals surface area (Å²) < 4.78 is 7.44. The van der Waals surface area contributed by atoms with Gasteiger partial charge in [0.05, 0.1) is 22.5 Å². The number of anilines is 2. The molecule has 1 aliphatic carbocycles. The summed E-state index contributed by atoms with van der Waals surface area (Å²) in [7, 11) is 0. The summed E-state index contributed by atoms with van der Waals surface area (Å²) in [6.07, 6.45) is 4.54. The molecule has 0 saturated heterocycles. The lowest BCUT2D eigenvalue weighted by atomic mass is 9.89. The lowest BCUT2D eigenvalue weighted by molar-refractivity contribution is -0.123. The fraction of sp³-hybridized carbons (Fsp3) is 0.522. The van der Waals surface area contributed by atoms with Crippen LogP contribution in [0.25, 0.3) is 0 Å². The summed E-state index contributed by atoms with van der Waals surface area (Å²) in [6, 6.07) is 6.44. The molecule has 3 atom stereocenters. The molecule has 0 aliphatic heterocycles. The highest BCUT2D eigenvalue weighted by Crippen LogP contribution is 2.27. The highest BCUT2D eigenvalue weighted by molar-refractivity contribution is 6.34. The zero-order valence-electron chi connectivity index (χ0n) is 18.6. The molecule has 0 bridgehead atoms. The van der Waals surface area contributed by atoms with Gasteiger partial charge in [0.1, 0.15) is 12.6 Å². The molecular formula is C23H31ClN4O3. The Morgan fingerprint density at radius 2 is 2.03 bits per heavy atom. The largest absolute Gasteiger partial charge is 0.368 e. The third kappa shape index (κ3) is 6.31. The second-order valence-electron chi connectivity index (χ2n) is 8.48. The first-order valence-corrected chi connectivity index (χ1v) is 11.2. The monoisotopic (exact) mass is 446 g/mol. The number of rotatable bonds is 7. The predicted molar refractivity (Wildman–Crippen MR) is 122 cm³/mol. The number of nitrogens with zero attached hydrogens (tertiary/aromatic N) is 2. The van der Waals surface area contributed by atoms with E-state index in [1.807, 2.05) is 19.9 Å². The number of amides is 2. The third-order valence-electron chi connectivity index (χ3n) is 5.64. The maximum Gasteiger partial charge on any atom is 0.250 e. The second kappa shape index (κ2) is 10.3. The van der Waals surface area contributed by atoms with Crippen LogP contribution in [0, 0.1) is 19.8 Å². The fourth-order valence-corrected chi connectivity index (χ4v) is 4.23. The van der Waals surface area contributed by atoms with Gasteiger partial charge in [0.25, 0.3) is 0 Å². The first-order valence-electron chi connectivity index (χ1n) is 10.8. The van der Waals surface area contributed by atoms with Crippen LogP contribution >= 0.6 is 11.6 Å². The SMILES string of the molecule is Cc1cc(C)n(C(C)C(=O)Nc2ccc(NC(=O)COC3CCCC(C)C3)cc2Cl)n1. The van der Waals surface area contributed by atoms with Crippen molar-refractivity contribution in [2.75, 3.05) is 17.2 Å². The van der Waals surface area contributed by atoms with Crippen molar-refractivity contribution >= 4 is 34.8 Å². The Balaban J connectivity index is 1.53. The van der Waals surface area contributed by atoms with Gasteiger partial charge in [0.15, 0.2) is 0 Å². The minimum absolute atomic E-state index is 0.0215. The predicted octanol–water partition coefficient (Wildman–Crippen LogP) is 4.89. The Morgan fingerprint density at radius 1 is 1.26 bits per heavy atom. The normalized spacial score (nSPS) is 19.6. The zero-order chi connectivity index (χ0) is 22.5. The summed E-state index contributed by atoms with van der Waals surface area (Å²) in [5, 5.41) is 10.3. The molecule has 8 heteroatoms. The molecule has 1 aromatic heterocycles. The Labute approximate surface area is 188 Å². The van der Waals surface area contributed by atoms with Crippen molar-refractivity contribution in [2.24, 2.45) is 5.92 Å². The minimum atomic E-state index is -0.483. The standard InChI is InChI=1S/C23H31ClN4O3/c1-14-6-5-7-19(10-14)31-13-22(29)25-18-8-9-21(20(24)12-18)26-23(30)17(4)28-16(3)11-15(2)27-28/h8-9,11-12,14,17,19H,5-7,10,13H2,1-4H3,(H,25,29)(H,26,30). The molecule has 7 nitrogen and oxygen atoms in total. The molecule has 2 aromatic rings. The van der Waals surface area contributed by atoms with E-state index >= 15 is 0 Å². The Hall–Kier alpha value is -2.38. The van der Waals surface area contributed by atoms with E-state index in [0.717, 1.165) is 30.7 Å². The second-order valence-corrected chi connectivity index (χ2v) is 8.89. The van der Waals surface area contributed by atoms with Crippen LogP contribution in [0.1, 0.15) is 57.0 Å². The number of carbonyl (C=O) groups is 2. The first kappa shape index (κ1) is 23.3. The van der Waals surface area contributed by atoms with Crippen LogP contribution in [-0.2, 0) is 14.3 Å². The summed E-state index contributed by atoms with van der Waals surface area (Å²) in [5.41, 5.74) is 2.80. The molecule has 168 valence electrons. The van der Waals surface area contributed by atoms with Gasteiger partial charge in [-0.1, -0.05) is 31.4 Å². The lowest BCUT2D eigenvalue weighted by Crippen LogP contribution is -2.27. The maximum absolute atomic E-state index is 12.6. The number of benzene rings is 1. The van der Waals surface area contributed by atoms with Gasteiger partial charge >= 0.3 is 0 Å². The number of carbonyl (C=O) groups excluding carboxylic acids is 2. The number of hydrogen-bond acceptors (Lipinski definition) is 4. The van der Waals surface area contributed by atoms with Crippen LogP contribution in [-0.4, -0.2) is 34.3 Å². The van der Waals surface area contributed by atoms with E-state index < -0.39 is 6.04 Å². The number of hydrogen-bond donors (Lipinski definition) is 2. The maximum atomic E-state index is 12.6. The lowest BCUT2D eigenvalue weighted by Gasteiger charge is -2.26. The Morgan fingerprint density at radius 3 is 2.68 bits per heavy atom. The van der Waals surface area contributed by atoms with Crippen LogP contribution in [0.5, 0.6) is 0 Å². The van der Waals surface area contributed by atoms with Crippen molar-refractivity contribution in [2.45, 2.75) is 65.5 Å². The zero-order valence-corrected chi connectivity index (χ0v) is 19.3. The van der Waals surface area contributed by atoms with Crippen molar-refractivity contribution in [1.29, 1.82) is 0 Å². The molecule has 31 heavy (non-hydrogen) atoms. The summed E-state index contributed by atoms with van der Waals surface area (Å²) in [6.45, 7) is 7.82. The Bertz CT molecular complexity index is 943. The van der Waals surface area contributed by atoms with Crippen molar-refractivity contribution < 1.29 is 14.3 Å². The summed E-state index contributed by atoms with van der Waals surface area (Å²) in [5.74, 6) is 0.205. The topological polar surface area (TPSA) is 85.2 Å². The smallest absolute Gasteiger partial charge is 0.250 e. The van der Waals surface area contributed by atoms with Crippen LogP contribution in [0.2, 0.25) is 5.02 Å². The highest BCUT2D eigenvalue weighted by atomic mass is 35.5. The molecule has 0 radical (unpaired) electrons. The summed E-state index contributed by atoms with van der Waals surface area (Å²) in [4.78, 5) is 24.9. The van der Waals surface area contributed by atoms with Crippen LogP contribution < -0.4 is 10.6 Å². The molecule has 3 unspecified atom stereocenters. The van der Waals surface area contributed by atoms with Gasteiger partial charge in [0.2, 0.25) is 11.8 Å². The average Bonchev–Trinajstić information content (AvgIpc) is 3.06. The van der Waals surface area contributed by atoms with E-state index in [1.54, 1.807) is 29.8 Å².